The maximum absolute atomic E-state index is 6.92. The van der Waals surface area contributed by atoms with Gasteiger partial charge in [-0.3, -0.25) is 0 Å². The summed E-state index contributed by atoms with van der Waals surface area (Å²) < 4.78 is 6.92. The summed E-state index contributed by atoms with van der Waals surface area (Å²) in [5.41, 5.74) is 26.4. The summed E-state index contributed by atoms with van der Waals surface area (Å²) in [6.07, 6.45) is 3.45. The Morgan fingerprint density at radius 3 is 1.68 bits per heavy atom. The van der Waals surface area contributed by atoms with Crippen molar-refractivity contribution < 1.29 is 4.42 Å². The van der Waals surface area contributed by atoms with Gasteiger partial charge in [-0.25, -0.2) is 0 Å². The lowest BCUT2D eigenvalue weighted by molar-refractivity contribution is 0.332. The topological polar surface area (TPSA) is 22.9 Å². The average Bonchev–Trinajstić information content (AvgIpc) is 3.86. The monoisotopic (exact) mass is 968 g/mol. The molecule has 4 nitrogen and oxygen atoms in total. The van der Waals surface area contributed by atoms with E-state index in [1.165, 1.54) is 90.2 Å². The lowest BCUT2D eigenvalue weighted by Crippen LogP contribution is -2.61. The smallest absolute Gasteiger partial charge is 0.252 e. The molecule has 0 saturated carbocycles. The summed E-state index contributed by atoms with van der Waals surface area (Å²) in [4.78, 5) is 7.73. The van der Waals surface area contributed by atoms with Crippen molar-refractivity contribution >= 4 is 96.2 Å². The zero-order chi connectivity index (χ0) is 51.6. The predicted octanol–water partition coefficient (Wildman–Crippen LogP) is 17.4. The molecule has 0 N–H and O–H groups in total. The number of furan rings is 1. The van der Waals surface area contributed by atoms with Gasteiger partial charge in [0, 0.05) is 50.9 Å². The van der Waals surface area contributed by atoms with Crippen molar-refractivity contribution in [1.82, 2.24) is 0 Å². The van der Waals surface area contributed by atoms with Gasteiger partial charge in [-0.05, 0) is 194 Å². The van der Waals surface area contributed by atoms with E-state index in [-0.39, 0.29) is 33.8 Å². The van der Waals surface area contributed by atoms with Crippen LogP contribution in [-0.2, 0) is 27.1 Å². The first-order valence-electron chi connectivity index (χ1n) is 27.2. The molecule has 0 atom stereocenters. The van der Waals surface area contributed by atoms with Gasteiger partial charge in [0.2, 0.25) is 0 Å². The van der Waals surface area contributed by atoms with Gasteiger partial charge < -0.3 is 19.1 Å². The van der Waals surface area contributed by atoms with E-state index in [1.807, 2.05) is 0 Å². The maximum Gasteiger partial charge on any atom is 0.252 e. The highest BCUT2D eigenvalue weighted by atomic mass is 16.3. The van der Waals surface area contributed by atoms with Gasteiger partial charge >= 0.3 is 0 Å². The predicted molar refractivity (Wildman–Crippen MR) is 317 cm³/mol. The summed E-state index contributed by atoms with van der Waals surface area (Å²) >= 11 is 0. The fraction of sp³-hybridized carbons (Fsp3) is 0.304. The van der Waals surface area contributed by atoms with Gasteiger partial charge in [0.05, 0.1) is 11.1 Å². The van der Waals surface area contributed by atoms with Crippen molar-refractivity contribution in [3.63, 3.8) is 0 Å². The second kappa shape index (κ2) is 15.8. The third-order valence-electron chi connectivity index (χ3n) is 18.0. The Hall–Kier alpha value is -6.98. The Labute approximate surface area is 440 Å². The molecule has 3 heterocycles. The van der Waals surface area contributed by atoms with Crippen LogP contribution < -0.4 is 31.1 Å². The first-order chi connectivity index (χ1) is 35.1. The van der Waals surface area contributed by atoms with E-state index >= 15 is 0 Å². The summed E-state index contributed by atoms with van der Waals surface area (Å²) in [6, 6.07) is 58.0. The first-order valence-corrected chi connectivity index (χ1v) is 27.2. The number of aryl methyl sites for hydroxylation is 2. The molecule has 2 aliphatic heterocycles. The third kappa shape index (κ3) is 6.94. The minimum Gasteiger partial charge on any atom is -0.456 e. The molecule has 370 valence electrons. The average molecular weight is 968 g/mol. The van der Waals surface area contributed by atoms with E-state index in [1.54, 1.807) is 0 Å². The summed E-state index contributed by atoms with van der Waals surface area (Å²) in [5, 5.41) is 2.25. The summed E-state index contributed by atoms with van der Waals surface area (Å²) in [6.45, 7) is 31.2. The molecule has 0 saturated heterocycles. The molecule has 13 rings (SSSR count). The van der Waals surface area contributed by atoms with Gasteiger partial charge in [-0.1, -0.05) is 149 Å². The largest absolute Gasteiger partial charge is 0.456 e. The second-order valence-corrected chi connectivity index (χ2v) is 26.1. The van der Waals surface area contributed by atoms with Crippen LogP contribution in [0.25, 0.3) is 21.9 Å². The van der Waals surface area contributed by atoms with Crippen molar-refractivity contribution in [2.24, 2.45) is 0 Å². The Morgan fingerprint density at radius 2 is 1.04 bits per heavy atom. The molecular formula is C69H70BN3O. The standard InChI is InChI=1S/C69H70BN3O/c1-42-33-59-64-60(34-42)73(56-39-51-49(35-43(56)2)66(6,7)31-32-67(51,8)9)58-40-52-50(68(10,11)41-69(52,12)13)38-54(58)70(64)53-30-28-47(71(45-21-16-14-17-22-45)46-23-18-15-19-24-46)37-57(53)72(59)55-25-20-26-61-63(55)48-29-27-44(65(3,4)5)36-62(48)74-61/h14-30,33-40H,31-32,41H2,1-13H3. The number of fused-ring (bicyclic) bond motifs is 9. The van der Waals surface area contributed by atoms with Crippen LogP contribution in [0.1, 0.15) is 134 Å². The fourth-order valence-electron chi connectivity index (χ4n) is 14.2. The molecule has 74 heavy (non-hydrogen) atoms. The molecule has 0 bridgehead atoms. The van der Waals surface area contributed by atoms with Gasteiger partial charge in [0.1, 0.15) is 11.2 Å². The van der Waals surface area contributed by atoms with Crippen LogP contribution >= 0.6 is 0 Å². The normalized spacial score (nSPS) is 17.4. The number of hydrogen-bond donors (Lipinski definition) is 0. The molecule has 4 aliphatic rings. The highest BCUT2D eigenvalue weighted by molar-refractivity contribution is 7.00. The van der Waals surface area contributed by atoms with Crippen molar-refractivity contribution in [1.29, 1.82) is 0 Å². The fourth-order valence-corrected chi connectivity index (χ4v) is 14.2. The number of rotatable bonds is 5. The van der Waals surface area contributed by atoms with Crippen LogP contribution in [0, 0.1) is 13.8 Å². The van der Waals surface area contributed by atoms with E-state index < -0.39 is 0 Å². The summed E-state index contributed by atoms with van der Waals surface area (Å²) in [7, 11) is 0. The number of anilines is 9. The number of para-hydroxylation sites is 2. The van der Waals surface area contributed by atoms with Crippen LogP contribution in [0.5, 0.6) is 0 Å². The van der Waals surface area contributed by atoms with Crippen LogP contribution in [0.4, 0.5) is 51.2 Å². The molecule has 0 spiro atoms. The SMILES string of the molecule is Cc1cc2c3c(c1)N(c1cccc4oc5cc(C(C)(C)C)ccc5c14)c1cc(N(c4ccccc4)c4ccccc4)ccc1B3c1cc3c(cc1N2c1cc2c(cc1C)C(C)(C)CCC2(C)C)C(C)(C)CC3(C)C. The Kier molecular flexibility index (Phi) is 9.97. The number of nitrogens with zero attached hydrogens (tertiary/aromatic N) is 3. The number of hydrogen-bond acceptors (Lipinski definition) is 4. The minimum atomic E-state index is -0.0400. The lowest BCUT2D eigenvalue weighted by Gasteiger charge is -2.46. The van der Waals surface area contributed by atoms with Crippen LogP contribution in [-0.4, -0.2) is 6.71 Å². The molecule has 9 aromatic rings. The third-order valence-corrected chi connectivity index (χ3v) is 18.0. The molecule has 0 unspecified atom stereocenters. The zero-order valence-corrected chi connectivity index (χ0v) is 45.9. The Morgan fingerprint density at radius 1 is 0.473 bits per heavy atom. The first kappa shape index (κ1) is 46.8. The molecular weight excluding hydrogens is 898 g/mol. The van der Waals surface area contributed by atoms with E-state index in [4.69, 9.17) is 4.42 Å². The summed E-state index contributed by atoms with van der Waals surface area (Å²) in [5.74, 6) is 0. The van der Waals surface area contributed by atoms with Crippen molar-refractivity contribution in [3.05, 3.63) is 191 Å². The highest BCUT2D eigenvalue weighted by Crippen LogP contribution is 2.55. The van der Waals surface area contributed by atoms with Gasteiger partial charge in [0.25, 0.3) is 6.71 Å². The van der Waals surface area contributed by atoms with Gasteiger partial charge in [0.15, 0.2) is 0 Å². The van der Waals surface area contributed by atoms with Crippen molar-refractivity contribution in [3.8, 4) is 0 Å². The minimum absolute atomic E-state index is 0.0104. The molecule has 0 amide bonds. The lowest BCUT2D eigenvalue weighted by atomic mass is 9.33. The van der Waals surface area contributed by atoms with Gasteiger partial charge in [-0.15, -0.1) is 0 Å². The number of benzene rings is 8. The van der Waals surface area contributed by atoms with Gasteiger partial charge in [-0.2, -0.15) is 0 Å². The van der Waals surface area contributed by atoms with E-state index in [2.05, 4.69) is 256 Å². The molecule has 1 aromatic heterocycles. The molecule has 5 heteroatoms. The second-order valence-electron chi connectivity index (χ2n) is 26.1. The van der Waals surface area contributed by atoms with Crippen LogP contribution in [0.15, 0.2) is 156 Å². The molecule has 0 radical (unpaired) electrons. The zero-order valence-electron chi connectivity index (χ0n) is 45.9. The van der Waals surface area contributed by atoms with E-state index in [0.29, 0.717) is 0 Å². The highest BCUT2D eigenvalue weighted by Gasteiger charge is 2.49. The quantitative estimate of drug-likeness (QED) is 0.160. The maximum atomic E-state index is 6.92. The molecule has 2 aliphatic carbocycles. The van der Waals surface area contributed by atoms with Crippen molar-refractivity contribution in [2.45, 2.75) is 136 Å². The Bertz CT molecular complexity index is 3750. The molecule has 0 fully saturated rings. The van der Waals surface area contributed by atoms with Crippen LogP contribution in [0.3, 0.4) is 0 Å². The van der Waals surface area contributed by atoms with E-state index in [9.17, 15) is 0 Å². The molecule has 8 aromatic carbocycles. The van der Waals surface area contributed by atoms with Crippen molar-refractivity contribution in [2.75, 3.05) is 14.7 Å². The van der Waals surface area contributed by atoms with Crippen LogP contribution in [0.2, 0.25) is 0 Å². The van der Waals surface area contributed by atoms with E-state index in [0.717, 1.165) is 57.5 Å². The Balaban J connectivity index is 1.15.